The quantitative estimate of drug-likeness (QED) is 0.413. The van der Waals surface area contributed by atoms with Gasteiger partial charge in [0, 0.05) is 29.1 Å². The maximum absolute atomic E-state index is 13.6. The Hall–Kier alpha value is -2.89. The average Bonchev–Trinajstić information content (AvgIpc) is 2.92. The van der Waals surface area contributed by atoms with Gasteiger partial charge in [0.25, 0.3) is 0 Å². The van der Waals surface area contributed by atoms with E-state index in [0.717, 1.165) is 17.5 Å². The molecular weight excluding hydrogens is 349 g/mol. The van der Waals surface area contributed by atoms with Crippen LogP contribution in [0.3, 0.4) is 0 Å². The molecule has 27 heavy (non-hydrogen) atoms. The number of aryl methyl sites for hydroxylation is 1. The molecule has 0 aliphatic rings. The first-order chi connectivity index (χ1) is 12.7. The number of esters is 1. The fourth-order valence-electron chi connectivity index (χ4n) is 3.07. The largest absolute Gasteiger partial charge is 0.494 e. The number of methoxy groups -OCH3 is 1. The highest BCUT2D eigenvalue weighted by Crippen LogP contribution is 2.21. The minimum atomic E-state index is -0.669. The molecular formula is C21H24FNO4. The summed E-state index contributed by atoms with van der Waals surface area (Å²) in [5.74, 6) is -1.33. The number of carbonyl (C=O) groups is 2. The van der Waals surface area contributed by atoms with Gasteiger partial charge in [0.05, 0.1) is 7.11 Å². The number of hydrogen-bond acceptors (Lipinski definition) is 4. The summed E-state index contributed by atoms with van der Waals surface area (Å²) in [6.45, 7) is 7.55. The highest BCUT2D eigenvalue weighted by atomic mass is 19.1. The van der Waals surface area contributed by atoms with Crippen LogP contribution in [-0.2, 0) is 9.53 Å². The Bertz CT molecular complexity index is 881. The molecule has 1 aromatic heterocycles. The van der Waals surface area contributed by atoms with Gasteiger partial charge < -0.3 is 14.0 Å². The predicted octanol–water partition coefficient (Wildman–Crippen LogP) is 4.27. The molecule has 2 rings (SSSR count). The number of hydrogen-bond donors (Lipinski definition) is 0. The number of rotatable bonds is 7. The lowest BCUT2D eigenvalue weighted by atomic mass is 10.1. The third kappa shape index (κ3) is 4.84. The summed E-state index contributed by atoms with van der Waals surface area (Å²) < 4.78 is 25.5. The molecule has 0 amide bonds. The van der Waals surface area contributed by atoms with Crippen LogP contribution in [0.4, 0.5) is 4.39 Å². The molecule has 0 aliphatic carbocycles. The van der Waals surface area contributed by atoms with Gasteiger partial charge >= 0.3 is 5.97 Å². The fraction of sp³-hybridized carbons (Fsp3) is 0.333. The van der Waals surface area contributed by atoms with Gasteiger partial charge in [-0.15, -0.1) is 0 Å². The van der Waals surface area contributed by atoms with Gasteiger partial charge in [-0.2, -0.15) is 0 Å². The highest BCUT2D eigenvalue weighted by Gasteiger charge is 2.18. The summed E-state index contributed by atoms with van der Waals surface area (Å²) >= 11 is 0. The van der Waals surface area contributed by atoms with E-state index in [1.165, 1.54) is 25.3 Å². The third-order valence-electron chi connectivity index (χ3n) is 4.23. The zero-order valence-electron chi connectivity index (χ0n) is 16.2. The van der Waals surface area contributed by atoms with Crippen LogP contribution in [0.2, 0.25) is 0 Å². The van der Waals surface area contributed by atoms with E-state index in [1.54, 1.807) is 6.07 Å². The molecule has 6 heteroatoms. The minimum absolute atomic E-state index is 0.124. The van der Waals surface area contributed by atoms with Crippen LogP contribution in [-0.4, -0.2) is 30.0 Å². The van der Waals surface area contributed by atoms with E-state index in [0.29, 0.717) is 11.1 Å². The highest BCUT2D eigenvalue weighted by molar-refractivity contribution is 6.00. The first-order valence-corrected chi connectivity index (χ1v) is 8.64. The smallest absolute Gasteiger partial charge is 0.331 e. The van der Waals surface area contributed by atoms with Crippen molar-refractivity contribution in [3.8, 4) is 5.75 Å². The molecule has 144 valence electrons. The Labute approximate surface area is 158 Å². The first kappa shape index (κ1) is 20.4. The Kier molecular flexibility index (Phi) is 6.55. The van der Waals surface area contributed by atoms with Crippen LogP contribution in [0.15, 0.2) is 30.3 Å². The second-order valence-electron chi connectivity index (χ2n) is 6.51. The molecule has 0 fully saturated rings. The Morgan fingerprint density at radius 1 is 1.22 bits per heavy atom. The molecule has 0 unspecified atom stereocenters. The normalized spacial score (nSPS) is 11.2. The number of nitrogens with zero attached hydrogens (tertiary/aromatic N) is 1. The number of carbonyl (C=O) groups excluding carboxylic acids is 2. The Morgan fingerprint density at radius 2 is 1.93 bits per heavy atom. The lowest BCUT2D eigenvalue weighted by Gasteiger charge is -2.13. The van der Waals surface area contributed by atoms with Crippen molar-refractivity contribution in [2.75, 3.05) is 13.7 Å². The molecule has 1 aromatic carbocycles. The maximum Gasteiger partial charge on any atom is 0.331 e. The first-order valence-electron chi connectivity index (χ1n) is 8.64. The maximum atomic E-state index is 13.6. The molecule has 1 heterocycles. The van der Waals surface area contributed by atoms with Crippen molar-refractivity contribution in [2.24, 2.45) is 0 Å². The molecule has 2 aromatic rings. The lowest BCUT2D eigenvalue weighted by Crippen LogP contribution is -2.14. The molecule has 0 radical (unpaired) electrons. The van der Waals surface area contributed by atoms with E-state index in [1.807, 2.05) is 33.8 Å². The minimum Gasteiger partial charge on any atom is -0.494 e. The Morgan fingerprint density at radius 3 is 2.48 bits per heavy atom. The molecule has 0 aliphatic heterocycles. The molecule has 0 saturated heterocycles. The molecule has 0 atom stereocenters. The van der Waals surface area contributed by atoms with Crippen LogP contribution in [0.5, 0.6) is 5.75 Å². The summed E-state index contributed by atoms with van der Waals surface area (Å²) in [5, 5.41) is 0. The van der Waals surface area contributed by atoms with Crippen molar-refractivity contribution < 1.29 is 23.5 Å². The van der Waals surface area contributed by atoms with Crippen LogP contribution < -0.4 is 4.74 Å². The zero-order chi connectivity index (χ0) is 20.1. The van der Waals surface area contributed by atoms with Crippen molar-refractivity contribution in [3.63, 3.8) is 0 Å². The summed E-state index contributed by atoms with van der Waals surface area (Å²) in [6.07, 6.45) is 2.58. The van der Waals surface area contributed by atoms with Gasteiger partial charge in [-0.05, 0) is 57.5 Å². The number of halogens is 1. The van der Waals surface area contributed by atoms with Gasteiger partial charge in [-0.1, -0.05) is 6.07 Å². The summed E-state index contributed by atoms with van der Waals surface area (Å²) in [6, 6.07) is 6.36. The average molecular weight is 373 g/mol. The molecule has 0 N–H and O–H groups in total. The van der Waals surface area contributed by atoms with Gasteiger partial charge in [0.15, 0.2) is 18.2 Å². The van der Waals surface area contributed by atoms with Crippen LogP contribution in [0.25, 0.3) is 6.08 Å². The van der Waals surface area contributed by atoms with E-state index in [2.05, 4.69) is 4.57 Å². The van der Waals surface area contributed by atoms with Crippen LogP contribution in [0, 0.1) is 19.7 Å². The molecule has 0 spiro atoms. The van der Waals surface area contributed by atoms with Crippen molar-refractivity contribution in [1.29, 1.82) is 0 Å². The van der Waals surface area contributed by atoms with Gasteiger partial charge in [0.1, 0.15) is 0 Å². The number of ether oxygens (including phenoxy) is 2. The number of aromatic nitrogens is 1. The van der Waals surface area contributed by atoms with E-state index in [4.69, 9.17) is 9.47 Å². The number of ketones is 1. The standard InChI is InChI=1S/C21H24FNO4/c1-13(2)23-14(3)10-17(15(23)4)19(24)12-27-21(25)9-7-16-6-8-20(26-5)18(22)11-16/h6-11,13H,12H2,1-5H3/b9-7+. The van der Waals surface area contributed by atoms with E-state index in [9.17, 15) is 14.0 Å². The van der Waals surface area contributed by atoms with E-state index < -0.39 is 11.8 Å². The Balaban J connectivity index is 1.98. The van der Waals surface area contributed by atoms with Crippen molar-refractivity contribution in [1.82, 2.24) is 4.57 Å². The topological polar surface area (TPSA) is 57.5 Å². The number of Topliss-reactive ketones (excluding diaryl/α,β-unsaturated/α-hetero) is 1. The fourth-order valence-corrected chi connectivity index (χ4v) is 3.07. The number of benzene rings is 1. The zero-order valence-corrected chi connectivity index (χ0v) is 16.2. The monoisotopic (exact) mass is 373 g/mol. The third-order valence-corrected chi connectivity index (χ3v) is 4.23. The van der Waals surface area contributed by atoms with Gasteiger partial charge in [0.2, 0.25) is 5.78 Å². The van der Waals surface area contributed by atoms with E-state index >= 15 is 0 Å². The molecule has 0 saturated carbocycles. The van der Waals surface area contributed by atoms with Gasteiger partial charge in [-0.3, -0.25) is 4.79 Å². The summed E-state index contributed by atoms with van der Waals surface area (Å²) in [7, 11) is 1.38. The predicted molar refractivity (Wildman–Crippen MR) is 102 cm³/mol. The van der Waals surface area contributed by atoms with E-state index in [-0.39, 0.29) is 24.2 Å². The van der Waals surface area contributed by atoms with Crippen molar-refractivity contribution in [2.45, 2.75) is 33.7 Å². The summed E-state index contributed by atoms with van der Waals surface area (Å²) in [4.78, 5) is 24.2. The lowest BCUT2D eigenvalue weighted by molar-refractivity contribution is -0.136. The van der Waals surface area contributed by atoms with Crippen molar-refractivity contribution >= 4 is 17.8 Å². The molecule has 0 bridgehead atoms. The molecule has 5 nitrogen and oxygen atoms in total. The second-order valence-corrected chi connectivity index (χ2v) is 6.51. The van der Waals surface area contributed by atoms with Crippen molar-refractivity contribution in [3.05, 3.63) is 58.7 Å². The second kappa shape index (κ2) is 8.66. The summed E-state index contributed by atoms with van der Waals surface area (Å²) in [5.41, 5.74) is 2.87. The van der Waals surface area contributed by atoms with Crippen LogP contribution in [0.1, 0.15) is 47.2 Å². The van der Waals surface area contributed by atoms with Crippen LogP contribution >= 0.6 is 0 Å². The van der Waals surface area contributed by atoms with Gasteiger partial charge in [-0.25, -0.2) is 9.18 Å². The SMILES string of the molecule is COc1ccc(/C=C/C(=O)OCC(=O)c2cc(C)n(C(C)C)c2C)cc1F.